The van der Waals surface area contributed by atoms with E-state index in [1.54, 1.807) is 0 Å². The largest absolute Gasteiger partial charge is 0.396 e. The molecule has 1 aliphatic heterocycles. The lowest BCUT2D eigenvalue weighted by atomic mass is 9.94. The summed E-state index contributed by atoms with van der Waals surface area (Å²) in [5, 5.41) is 10.2. The van der Waals surface area contributed by atoms with E-state index in [2.05, 4.69) is 40.5 Å². The van der Waals surface area contributed by atoms with Crippen molar-refractivity contribution in [1.82, 2.24) is 19.8 Å². The minimum atomic E-state index is 0.234. The summed E-state index contributed by atoms with van der Waals surface area (Å²) in [7, 11) is 0. The van der Waals surface area contributed by atoms with Gasteiger partial charge in [0.25, 0.3) is 0 Å². The van der Waals surface area contributed by atoms with Crippen molar-refractivity contribution in [3.05, 3.63) is 47.2 Å². The predicted octanol–water partition coefficient (Wildman–Crippen LogP) is 3.71. The summed E-state index contributed by atoms with van der Waals surface area (Å²) in [6.45, 7) is 12.0. The maximum atomic E-state index is 9.49. The molecule has 3 rings (SSSR count). The Morgan fingerprint density at radius 2 is 1.79 bits per heavy atom. The maximum Gasteiger partial charge on any atom is 0.159 e. The Kier molecular flexibility index (Phi) is 7.05. The van der Waals surface area contributed by atoms with Crippen LogP contribution >= 0.6 is 11.6 Å². The molecule has 0 spiro atoms. The molecule has 0 saturated carbocycles. The zero-order valence-corrected chi connectivity index (χ0v) is 17.9. The highest BCUT2D eigenvalue weighted by molar-refractivity contribution is 6.30. The molecular formula is C22H31ClN4O. The van der Waals surface area contributed by atoms with Crippen molar-refractivity contribution >= 4 is 11.6 Å². The third-order valence-corrected chi connectivity index (χ3v) is 5.29. The fourth-order valence-electron chi connectivity index (χ4n) is 3.78. The van der Waals surface area contributed by atoms with Gasteiger partial charge in [-0.1, -0.05) is 32.4 Å². The summed E-state index contributed by atoms with van der Waals surface area (Å²) in [5.74, 6) is 0.716. The van der Waals surface area contributed by atoms with Crippen LogP contribution < -0.4 is 0 Å². The highest BCUT2D eigenvalue weighted by Gasteiger charge is 2.29. The molecule has 152 valence electrons. The molecule has 2 aromatic rings. The molecule has 1 N–H and O–H groups in total. The van der Waals surface area contributed by atoms with E-state index in [0.29, 0.717) is 16.9 Å². The van der Waals surface area contributed by atoms with Gasteiger partial charge in [-0.15, -0.1) is 0 Å². The van der Waals surface area contributed by atoms with Crippen LogP contribution in [0.2, 0.25) is 5.02 Å². The second-order valence-corrected chi connectivity index (χ2v) is 9.29. The highest BCUT2D eigenvalue weighted by Crippen LogP contribution is 2.22. The summed E-state index contributed by atoms with van der Waals surface area (Å²) in [6.07, 6.45) is 4.65. The third kappa shape index (κ3) is 5.98. The van der Waals surface area contributed by atoms with E-state index in [-0.39, 0.29) is 12.0 Å². The number of benzene rings is 1. The van der Waals surface area contributed by atoms with Crippen LogP contribution in [0.15, 0.2) is 36.7 Å². The van der Waals surface area contributed by atoms with Crippen LogP contribution in [-0.4, -0.2) is 63.7 Å². The highest BCUT2D eigenvalue weighted by atomic mass is 35.5. The summed E-state index contributed by atoms with van der Waals surface area (Å²) in [5.41, 5.74) is 2.35. The quantitative estimate of drug-likeness (QED) is 0.798. The lowest BCUT2D eigenvalue weighted by molar-refractivity contribution is 0.0339. The summed E-state index contributed by atoms with van der Waals surface area (Å²) >= 11 is 5.95. The van der Waals surface area contributed by atoms with Crippen LogP contribution in [0.4, 0.5) is 0 Å². The zero-order chi connectivity index (χ0) is 20.1. The van der Waals surface area contributed by atoms with Crippen molar-refractivity contribution in [1.29, 1.82) is 0 Å². The van der Waals surface area contributed by atoms with Gasteiger partial charge in [0.15, 0.2) is 5.82 Å². The van der Waals surface area contributed by atoms with Crippen LogP contribution in [-0.2, 0) is 6.54 Å². The number of aliphatic hydroxyl groups excluding tert-OH is 1. The van der Waals surface area contributed by atoms with Gasteiger partial charge in [-0.3, -0.25) is 9.80 Å². The number of piperazine rings is 1. The number of halogens is 1. The number of hydrogen-bond donors (Lipinski definition) is 1. The topological polar surface area (TPSA) is 52.5 Å². The van der Waals surface area contributed by atoms with Crippen molar-refractivity contribution in [2.45, 2.75) is 39.8 Å². The lowest BCUT2D eigenvalue weighted by Crippen LogP contribution is -2.54. The molecule has 1 aliphatic rings. The Balaban J connectivity index is 1.61. The minimum absolute atomic E-state index is 0.234. The fourth-order valence-corrected chi connectivity index (χ4v) is 3.91. The lowest BCUT2D eigenvalue weighted by Gasteiger charge is -2.43. The predicted molar refractivity (Wildman–Crippen MR) is 114 cm³/mol. The van der Waals surface area contributed by atoms with Crippen LogP contribution in [0.25, 0.3) is 11.4 Å². The number of aliphatic hydroxyl groups is 1. The number of aromatic nitrogens is 2. The van der Waals surface area contributed by atoms with Crippen molar-refractivity contribution < 1.29 is 5.11 Å². The van der Waals surface area contributed by atoms with Crippen molar-refractivity contribution in [3.63, 3.8) is 0 Å². The van der Waals surface area contributed by atoms with Crippen LogP contribution in [0, 0.1) is 5.41 Å². The first-order chi connectivity index (χ1) is 13.3. The second-order valence-electron chi connectivity index (χ2n) is 8.85. The molecule has 0 aliphatic carbocycles. The van der Waals surface area contributed by atoms with Crippen molar-refractivity contribution in [2.24, 2.45) is 5.41 Å². The van der Waals surface area contributed by atoms with E-state index in [0.717, 1.165) is 50.3 Å². The number of nitrogens with zero attached hydrogens (tertiary/aromatic N) is 4. The Bertz CT molecular complexity index is 743. The molecule has 0 radical (unpaired) electrons. The third-order valence-electron chi connectivity index (χ3n) is 5.04. The van der Waals surface area contributed by atoms with Gasteiger partial charge in [0.2, 0.25) is 0 Å². The minimum Gasteiger partial charge on any atom is -0.396 e. The molecule has 0 amide bonds. The molecule has 1 fully saturated rings. The molecular weight excluding hydrogens is 372 g/mol. The Hall–Kier alpha value is -1.53. The standard InChI is InChI=1S/C22H31ClN4O/c1-22(2,3)16-27-10-9-26(15-20(27)8-11-28)14-17-12-24-21(25-13-17)18-4-6-19(23)7-5-18/h4-7,12-13,20,28H,8-11,14-16H2,1-3H3/t20-/m1/s1. The summed E-state index contributed by atoms with van der Waals surface area (Å²) in [4.78, 5) is 14.0. The van der Waals surface area contributed by atoms with Gasteiger partial charge >= 0.3 is 0 Å². The first-order valence-electron chi connectivity index (χ1n) is 9.98. The van der Waals surface area contributed by atoms with Crippen LogP contribution in [0.1, 0.15) is 32.8 Å². The normalized spacial score (nSPS) is 19.1. The molecule has 28 heavy (non-hydrogen) atoms. The van der Waals surface area contributed by atoms with Gasteiger partial charge < -0.3 is 5.11 Å². The van der Waals surface area contributed by atoms with E-state index < -0.39 is 0 Å². The fraction of sp³-hybridized carbons (Fsp3) is 0.545. The first-order valence-corrected chi connectivity index (χ1v) is 10.4. The Morgan fingerprint density at radius 3 is 2.39 bits per heavy atom. The summed E-state index contributed by atoms with van der Waals surface area (Å²) < 4.78 is 0. The molecule has 5 nitrogen and oxygen atoms in total. The molecule has 2 heterocycles. The molecule has 1 atom stereocenters. The van der Waals surface area contributed by atoms with E-state index in [4.69, 9.17) is 11.6 Å². The summed E-state index contributed by atoms with van der Waals surface area (Å²) in [6, 6.07) is 7.97. The van der Waals surface area contributed by atoms with Gasteiger partial charge in [0.1, 0.15) is 0 Å². The molecule has 1 aromatic carbocycles. The van der Waals surface area contributed by atoms with E-state index in [1.807, 2.05) is 36.7 Å². The van der Waals surface area contributed by atoms with E-state index in [1.165, 1.54) is 0 Å². The zero-order valence-electron chi connectivity index (χ0n) is 17.1. The average Bonchev–Trinajstić information content (AvgIpc) is 2.64. The van der Waals surface area contributed by atoms with Gasteiger partial charge in [-0.2, -0.15) is 0 Å². The SMILES string of the molecule is CC(C)(C)CN1CCN(Cc2cnc(-c3ccc(Cl)cc3)nc2)C[C@H]1CCO. The smallest absolute Gasteiger partial charge is 0.159 e. The second kappa shape index (κ2) is 9.31. The van der Waals surface area contributed by atoms with Crippen LogP contribution in [0.5, 0.6) is 0 Å². The Labute approximate surface area is 173 Å². The van der Waals surface area contributed by atoms with Gasteiger partial charge in [0, 0.05) is 73.9 Å². The molecule has 1 aromatic heterocycles. The van der Waals surface area contributed by atoms with Crippen molar-refractivity contribution in [2.75, 3.05) is 32.8 Å². The maximum absolute atomic E-state index is 9.49. The molecule has 1 saturated heterocycles. The van der Waals surface area contributed by atoms with Gasteiger partial charge in [0.05, 0.1) is 0 Å². The van der Waals surface area contributed by atoms with E-state index in [9.17, 15) is 5.11 Å². The monoisotopic (exact) mass is 402 g/mol. The van der Waals surface area contributed by atoms with E-state index >= 15 is 0 Å². The number of rotatable bonds is 6. The average molecular weight is 403 g/mol. The molecule has 6 heteroatoms. The Morgan fingerprint density at radius 1 is 1.11 bits per heavy atom. The van der Waals surface area contributed by atoms with Crippen molar-refractivity contribution in [3.8, 4) is 11.4 Å². The van der Waals surface area contributed by atoms with Gasteiger partial charge in [-0.25, -0.2) is 9.97 Å². The molecule has 0 unspecified atom stereocenters. The number of hydrogen-bond acceptors (Lipinski definition) is 5. The van der Waals surface area contributed by atoms with Crippen LogP contribution in [0.3, 0.4) is 0 Å². The first kappa shape index (κ1) is 21.2. The molecule has 0 bridgehead atoms. The van der Waals surface area contributed by atoms with Gasteiger partial charge in [-0.05, 0) is 36.1 Å².